The number of rotatable bonds is 10. The fraction of sp³-hybridized carbons (Fsp3) is 0.300. The fourth-order valence-electron chi connectivity index (χ4n) is 2.40. The molecule has 142 valence electrons. The number of carbonyl (C=O) groups excluding carboxylic acids is 3. The summed E-state index contributed by atoms with van der Waals surface area (Å²) in [6.45, 7) is 6.63. The number of esters is 3. The maximum Gasteiger partial charge on any atom is 0.324 e. The third-order valence-corrected chi connectivity index (χ3v) is 3.68. The van der Waals surface area contributed by atoms with Crippen molar-refractivity contribution in [2.24, 2.45) is 5.41 Å². The lowest BCUT2D eigenvalue weighted by molar-refractivity contribution is -0.175. The molecule has 0 atom stereocenters. The predicted octanol–water partition coefficient (Wildman–Crippen LogP) is 2.11. The normalized spacial score (nSPS) is 10.2. The highest BCUT2D eigenvalue weighted by Crippen LogP contribution is 2.32. The molecule has 0 amide bonds. The van der Waals surface area contributed by atoms with Crippen LogP contribution >= 0.6 is 0 Å². The Hall–Kier alpha value is -3.40. The van der Waals surface area contributed by atoms with E-state index in [1.807, 2.05) is 6.07 Å². The number of ether oxygens (including phenoxy) is 3. The van der Waals surface area contributed by atoms with Gasteiger partial charge in [-0.05, 0) is 24.1 Å². The van der Waals surface area contributed by atoms with Crippen LogP contribution in [0.4, 0.5) is 0 Å². The Bertz CT molecular complexity index is 738. The van der Waals surface area contributed by atoms with Gasteiger partial charge in [0.25, 0.3) is 0 Å². The lowest BCUT2D eigenvalue weighted by Gasteiger charge is -2.28. The molecule has 0 saturated heterocycles. The van der Waals surface area contributed by atoms with Crippen LogP contribution in [0.2, 0.25) is 0 Å². The van der Waals surface area contributed by atoms with Crippen LogP contribution in [0.5, 0.6) is 0 Å². The number of methoxy groups -OCH3 is 1. The molecule has 0 unspecified atom stereocenters. The summed E-state index contributed by atoms with van der Waals surface area (Å²) in [4.78, 5) is 37.5. The molecule has 0 spiro atoms. The minimum absolute atomic E-state index is 0.144. The van der Waals surface area contributed by atoms with E-state index < -0.39 is 29.7 Å². The van der Waals surface area contributed by atoms with Crippen LogP contribution in [-0.4, -0.2) is 38.2 Å². The Balaban J connectivity index is 3.41. The summed E-state index contributed by atoms with van der Waals surface area (Å²) in [6.07, 6.45) is 1.90. The minimum Gasteiger partial charge on any atom is -0.469 e. The van der Waals surface area contributed by atoms with Crippen molar-refractivity contribution in [2.45, 2.75) is 12.8 Å². The zero-order valence-electron chi connectivity index (χ0n) is 15.1. The number of nitrogens with zero attached hydrogens (tertiary/aromatic N) is 1. The van der Waals surface area contributed by atoms with Gasteiger partial charge in [0.05, 0.1) is 25.2 Å². The van der Waals surface area contributed by atoms with E-state index in [0.29, 0.717) is 11.1 Å². The Kier molecular flexibility index (Phi) is 8.46. The van der Waals surface area contributed by atoms with Gasteiger partial charge in [-0.3, -0.25) is 14.4 Å². The second-order valence-electron chi connectivity index (χ2n) is 5.60. The van der Waals surface area contributed by atoms with Crippen LogP contribution in [0.25, 0.3) is 0 Å². The SMILES string of the molecule is C=CCOC(=O)C(CC(=O)OC)(Cc1cccc(C#N)c1)C(=O)OCC=C. The molecule has 0 aliphatic rings. The van der Waals surface area contributed by atoms with Gasteiger partial charge in [-0.1, -0.05) is 37.4 Å². The van der Waals surface area contributed by atoms with Crippen LogP contribution in [0.1, 0.15) is 17.5 Å². The van der Waals surface area contributed by atoms with Crippen LogP contribution < -0.4 is 0 Å². The second kappa shape index (κ2) is 10.6. The molecule has 0 N–H and O–H groups in total. The van der Waals surface area contributed by atoms with Gasteiger partial charge in [-0.2, -0.15) is 5.26 Å². The molecule has 1 rings (SSSR count). The van der Waals surface area contributed by atoms with Crippen LogP contribution in [0, 0.1) is 16.7 Å². The third-order valence-electron chi connectivity index (χ3n) is 3.68. The average molecular weight is 371 g/mol. The molecule has 0 aliphatic carbocycles. The average Bonchev–Trinajstić information content (AvgIpc) is 2.69. The van der Waals surface area contributed by atoms with Crippen LogP contribution in [-0.2, 0) is 35.0 Å². The molecule has 0 aliphatic heterocycles. The van der Waals surface area contributed by atoms with Gasteiger partial charge < -0.3 is 14.2 Å². The maximum absolute atomic E-state index is 12.8. The van der Waals surface area contributed by atoms with Crippen LogP contribution in [0.15, 0.2) is 49.6 Å². The Labute approximate surface area is 157 Å². The van der Waals surface area contributed by atoms with E-state index in [2.05, 4.69) is 17.9 Å². The van der Waals surface area contributed by atoms with Crippen molar-refractivity contribution in [3.8, 4) is 6.07 Å². The van der Waals surface area contributed by atoms with Crippen molar-refractivity contribution in [2.75, 3.05) is 20.3 Å². The van der Waals surface area contributed by atoms with Gasteiger partial charge in [0.15, 0.2) is 5.41 Å². The molecule has 0 heterocycles. The molecule has 1 aromatic carbocycles. The lowest BCUT2D eigenvalue weighted by Crippen LogP contribution is -2.46. The van der Waals surface area contributed by atoms with E-state index in [0.717, 1.165) is 7.11 Å². The largest absolute Gasteiger partial charge is 0.469 e. The molecule has 7 heteroatoms. The van der Waals surface area contributed by atoms with E-state index >= 15 is 0 Å². The first-order chi connectivity index (χ1) is 12.9. The standard InChI is InChI=1S/C20H21NO6/c1-4-9-26-18(23)20(13-17(22)25-3,19(24)27-10-5-2)12-15-7-6-8-16(11-15)14-21/h4-8,11H,1-2,9-10,12-13H2,3H3. The number of nitriles is 1. The summed E-state index contributed by atoms with van der Waals surface area (Å²) in [7, 11) is 1.15. The van der Waals surface area contributed by atoms with E-state index in [-0.39, 0.29) is 19.6 Å². The summed E-state index contributed by atoms with van der Waals surface area (Å²) >= 11 is 0. The summed E-state index contributed by atoms with van der Waals surface area (Å²) in [5, 5.41) is 9.06. The van der Waals surface area contributed by atoms with Crippen LogP contribution in [0.3, 0.4) is 0 Å². The van der Waals surface area contributed by atoms with E-state index in [1.165, 1.54) is 18.2 Å². The first-order valence-corrected chi connectivity index (χ1v) is 8.05. The van der Waals surface area contributed by atoms with E-state index in [9.17, 15) is 14.4 Å². The molecular formula is C20H21NO6. The topological polar surface area (TPSA) is 103 Å². The van der Waals surface area contributed by atoms with Crippen molar-refractivity contribution in [1.29, 1.82) is 5.26 Å². The second-order valence-corrected chi connectivity index (χ2v) is 5.60. The first kappa shape index (κ1) is 21.6. The van der Waals surface area contributed by atoms with Gasteiger partial charge >= 0.3 is 17.9 Å². The Morgan fingerprint density at radius 1 is 1.15 bits per heavy atom. The summed E-state index contributed by atoms with van der Waals surface area (Å²) < 4.78 is 14.8. The smallest absolute Gasteiger partial charge is 0.324 e. The zero-order chi connectivity index (χ0) is 20.3. The highest BCUT2D eigenvalue weighted by Gasteiger charge is 2.51. The summed E-state index contributed by atoms with van der Waals surface area (Å²) in [5.74, 6) is -2.66. The number of hydrogen-bond donors (Lipinski definition) is 0. The molecule has 0 fully saturated rings. The summed E-state index contributed by atoms with van der Waals surface area (Å²) in [5.41, 5.74) is -1.13. The highest BCUT2D eigenvalue weighted by molar-refractivity contribution is 6.03. The molecule has 7 nitrogen and oxygen atoms in total. The third kappa shape index (κ3) is 5.82. The molecular weight excluding hydrogens is 350 g/mol. The van der Waals surface area contributed by atoms with Crippen molar-refractivity contribution in [3.05, 3.63) is 60.7 Å². The monoisotopic (exact) mass is 371 g/mol. The predicted molar refractivity (Wildman–Crippen MR) is 96.2 cm³/mol. The Morgan fingerprint density at radius 3 is 2.22 bits per heavy atom. The van der Waals surface area contributed by atoms with Gasteiger partial charge in [0.2, 0.25) is 0 Å². The Morgan fingerprint density at radius 2 is 1.74 bits per heavy atom. The maximum atomic E-state index is 12.8. The van der Waals surface area contributed by atoms with Crippen molar-refractivity contribution in [3.63, 3.8) is 0 Å². The van der Waals surface area contributed by atoms with Gasteiger partial charge in [-0.25, -0.2) is 0 Å². The van der Waals surface area contributed by atoms with Gasteiger partial charge in [-0.15, -0.1) is 0 Å². The van der Waals surface area contributed by atoms with Crippen molar-refractivity contribution < 1.29 is 28.6 Å². The van der Waals surface area contributed by atoms with E-state index in [4.69, 9.17) is 14.7 Å². The molecule has 27 heavy (non-hydrogen) atoms. The highest BCUT2D eigenvalue weighted by atomic mass is 16.6. The quantitative estimate of drug-likeness (QED) is 0.268. The molecule has 0 bridgehead atoms. The van der Waals surface area contributed by atoms with Gasteiger partial charge in [0, 0.05) is 0 Å². The van der Waals surface area contributed by atoms with Crippen molar-refractivity contribution >= 4 is 17.9 Å². The van der Waals surface area contributed by atoms with E-state index in [1.54, 1.807) is 18.2 Å². The first-order valence-electron chi connectivity index (χ1n) is 8.05. The fourth-order valence-corrected chi connectivity index (χ4v) is 2.40. The van der Waals surface area contributed by atoms with Crippen molar-refractivity contribution in [1.82, 2.24) is 0 Å². The lowest BCUT2D eigenvalue weighted by atomic mass is 9.78. The minimum atomic E-state index is -1.97. The molecule has 0 saturated carbocycles. The molecule has 0 aromatic heterocycles. The number of hydrogen-bond acceptors (Lipinski definition) is 7. The van der Waals surface area contributed by atoms with Gasteiger partial charge in [0.1, 0.15) is 13.2 Å². The molecule has 1 aromatic rings. The number of carbonyl (C=O) groups is 3. The zero-order valence-corrected chi connectivity index (χ0v) is 15.1. The summed E-state index contributed by atoms with van der Waals surface area (Å²) in [6, 6.07) is 8.33. The number of benzene rings is 1. The molecule has 0 radical (unpaired) electrons.